The van der Waals surface area contributed by atoms with Crippen molar-refractivity contribution in [1.82, 2.24) is 9.38 Å². The summed E-state index contributed by atoms with van der Waals surface area (Å²) in [6.07, 6.45) is 2.10. The van der Waals surface area contributed by atoms with Crippen LogP contribution in [0.25, 0.3) is 16.2 Å². The molecule has 1 aromatic carbocycles. The summed E-state index contributed by atoms with van der Waals surface area (Å²) in [7, 11) is -3.14. The minimum absolute atomic E-state index is 0.0379. The Kier molecular flexibility index (Phi) is 3.84. The lowest BCUT2D eigenvalue weighted by Crippen LogP contribution is -2.24. The summed E-state index contributed by atoms with van der Waals surface area (Å²) in [6, 6.07) is 5.85. The fourth-order valence-electron chi connectivity index (χ4n) is 2.93. The maximum Gasteiger partial charge on any atom is 0.229 e. The smallest absolute Gasteiger partial charge is 0.229 e. The summed E-state index contributed by atoms with van der Waals surface area (Å²) < 4.78 is 38.1. The minimum Gasteiger partial charge on any atom is -0.310 e. The van der Waals surface area contributed by atoms with E-state index in [4.69, 9.17) is 0 Å². The van der Waals surface area contributed by atoms with Gasteiger partial charge in [0.05, 0.1) is 17.4 Å². The number of carbonyl (C=O) groups excluding carboxylic acids is 1. The summed E-state index contributed by atoms with van der Waals surface area (Å²) in [5.41, 5.74) is 1.20. The van der Waals surface area contributed by atoms with Gasteiger partial charge >= 0.3 is 0 Å². The van der Waals surface area contributed by atoms with E-state index in [1.165, 1.54) is 23.5 Å². The van der Waals surface area contributed by atoms with Gasteiger partial charge in [0.25, 0.3) is 0 Å². The third-order valence-corrected chi connectivity index (χ3v) is 6.75. The standard InChI is InChI=1S/C16H14FN3O3S2/c17-12-3-1-10(2-4-12)13-14(20-6-7-24-16(20)18-13)19-15(21)11-5-8-25(22,23)9-11/h1-4,6-7,11H,5,8-9H2,(H,19,21)/t11-/m1/s1. The summed E-state index contributed by atoms with van der Waals surface area (Å²) in [4.78, 5) is 17.7. The molecule has 6 nitrogen and oxygen atoms in total. The number of sulfone groups is 1. The highest BCUT2D eigenvalue weighted by molar-refractivity contribution is 7.91. The van der Waals surface area contributed by atoms with Crippen molar-refractivity contribution in [2.24, 2.45) is 5.92 Å². The van der Waals surface area contributed by atoms with E-state index in [1.807, 2.05) is 5.38 Å². The zero-order valence-electron chi connectivity index (χ0n) is 13.0. The summed E-state index contributed by atoms with van der Waals surface area (Å²) in [5.74, 6) is -0.872. The van der Waals surface area contributed by atoms with E-state index < -0.39 is 15.8 Å². The van der Waals surface area contributed by atoms with Crippen molar-refractivity contribution in [1.29, 1.82) is 0 Å². The normalized spacial score (nSPS) is 19.3. The van der Waals surface area contributed by atoms with E-state index in [2.05, 4.69) is 10.3 Å². The first kappa shape index (κ1) is 16.2. The van der Waals surface area contributed by atoms with Crippen LogP contribution in [0.1, 0.15) is 6.42 Å². The second-order valence-corrected chi connectivity index (χ2v) is 9.06. The number of nitrogens with one attached hydrogen (secondary N) is 1. The highest BCUT2D eigenvalue weighted by Gasteiger charge is 2.33. The van der Waals surface area contributed by atoms with E-state index in [9.17, 15) is 17.6 Å². The number of rotatable bonds is 3. The largest absolute Gasteiger partial charge is 0.310 e. The van der Waals surface area contributed by atoms with Crippen LogP contribution in [0.2, 0.25) is 0 Å². The van der Waals surface area contributed by atoms with Gasteiger partial charge in [-0.25, -0.2) is 17.8 Å². The van der Waals surface area contributed by atoms with Gasteiger partial charge in [0, 0.05) is 17.1 Å². The number of halogens is 1. The van der Waals surface area contributed by atoms with Gasteiger partial charge in [0.15, 0.2) is 14.8 Å². The van der Waals surface area contributed by atoms with Crippen molar-refractivity contribution in [3.8, 4) is 11.3 Å². The van der Waals surface area contributed by atoms with Crippen LogP contribution >= 0.6 is 11.3 Å². The number of fused-ring (bicyclic) bond motifs is 1. The fraction of sp³-hybridized carbons (Fsp3) is 0.250. The number of benzene rings is 1. The molecule has 1 N–H and O–H groups in total. The van der Waals surface area contributed by atoms with E-state index in [0.717, 1.165) is 0 Å². The number of nitrogens with zero attached hydrogens (tertiary/aromatic N) is 2. The fourth-order valence-corrected chi connectivity index (χ4v) is 5.39. The van der Waals surface area contributed by atoms with Crippen molar-refractivity contribution < 1.29 is 17.6 Å². The van der Waals surface area contributed by atoms with Gasteiger partial charge in [0.1, 0.15) is 17.3 Å². The zero-order chi connectivity index (χ0) is 17.6. The van der Waals surface area contributed by atoms with Crippen LogP contribution in [0, 0.1) is 11.7 Å². The molecule has 1 amide bonds. The van der Waals surface area contributed by atoms with Crippen molar-refractivity contribution in [3.05, 3.63) is 41.7 Å². The summed E-state index contributed by atoms with van der Waals surface area (Å²) in [6.45, 7) is 0. The van der Waals surface area contributed by atoms with Crippen LogP contribution in [-0.2, 0) is 14.6 Å². The molecule has 1 saturated heterocycles. The molecule has 25 heavy (non-hydrogen) atoms. The molecule has 0 radical (unpaired) electrons. The van der Waals surface area contributed by atoms with Crippen molar-refractivity contribution in [2.75, 3.05) is 16.8 Å². The van der Waals surface area contributed by atoms with Gasteiger partial charge in [-0.3, -0.25) is 9.20 Å². The Morgan fingerprint density at radius 1 is 1.32 bits per heavy atom. The van der Waals surface area contributed by atoms with Crippen molar-refractivity contribution in [2.45, 2.75) is 6.42 Å². The maximum atomic E-state index is 13.2. The van der Waals surface area contributed by atoms with Gasteiger partial charge in [0.2, 0.25) is 5.91 Å². The number of amides is 1. The molecule has 9 heteroatoms. The van der Waals surface area contributed by atoms with Crippen LogP contribution in [0.5, 0.6) is 0 Å². The summed E-state index contributed by atoms with van der Waals surface area (Å²) >= 11 is 1.41. The van der Waals surface area contributed by atoms with E-state index in [0.29, 0.717) is 28.5 Å². The molecule has 1 aliphatic heterocycles. The predicted molar refractivity (Wildman–Crippen MR) is 93.9 cm³/mol. The number of hydrogen-bond donors (Lipinski definition) is 1. The minimum atomic E-state index is -3.14. The third kappa shape index (κ3) is 3.05. The Hall–Kier alpha value is -2.26. The second kappa shape index (κ2) is 5.92. The Bertz CT molecular complexity index is 1050. The van der Waals surface area contributed by atoms with Crippen LogP contribution in [0.15, 0.2) is 35.8 Å². The SMILES string of the molecule is O=C(Nc1c(-c2ccc(F)cc2)nc2sccn12)[C@@H]1CCS(=O)(=O)C1. The molecule has 130 valence electrons. The predicted octanol–water partition coefficient (Wildman–Crippen LogP) is 2.58. The lowest BCUT2D eigenvalue weighted by atomic mass is 10.1. The molecule has 4 rings (SSSR count). The van der Waals surface area contributed by atoms with Crippen molar-refractivity contribution in [3.63, 3.8) is 0 Å². The highest BCUT2D eigenvalue weighted by atomic mass is 32.2. The average molecular weight is 379 g/mol. The number of imidazole rings is 1. The first-order valence-electron chi connectivity index (χ1n) is 7.66. The van der Waals surface area contributed by atoms with Gasteiger partial charge in [-0.05, 0) is 30.7 Å². The molecule has 1 fully saturated rings. The van der Waals surface area contributed by atoms with Gasteiger partial charge in [-0.15, -0.1) is 11.3 Å². The van der Waals surface area contributed by atoms with E-state index in [1.54, 1.807) is 22.7 Å². The average Bonchev–Trinajstić information content (AvgIpc) is 3.24. The maximum absolute atomic E-state index is 13.2. The molecule has 0 bridgehead atoms. The molecule has 3 aromatic rings. The molecule has 3 heterocycles. The van der Waals surface area contributed by atoms with Gasteiger partial charge < -0.3 is 5.32 Å². The molecule has 2 aromatic heterocycles. The molecule has 0 spiro atoms. The number of carbonyl (C=O) groups is 1. The Morgan fingerprint density at radius 3 is 2.76 bits per heavy atom. The first-order chi connectivity index (χ1) is 11.9. The zero-order valence-corrected chi connectivity index (χ0v) is 14.6. The van der Waals surface area contributed by atoms with E-state index in [-0.39, 0.29) is 23.2 Å². The molecule has 0 saturated carbocycles. The van der Waals surface area contributed by atoms with E-state index >= 15 is 0 Å². The molecular formula is C16H14FN3O3S2. The Labute approximate surface area is 147 Å². The van der Waals surface area contributed by atoms with Crippen LogP contribution in [0.3, 0.4) is 0 Å². The lowest BCUT2D eigenvalue weighted by molar-refractivity contribution is -0.119. The number of thiazole rings is 1. The van der Waals surface area contributed by atoms with Crippen molar-refractivity contribution >= 4 is 37.9 Å². The first-order valence-corrected chi connectivity index (χ1v) is 10.4. The third-order valence-electron chi connectivity index (χ3n) is 4.22. The lowest BCUT2D eigenvalue weighted by Gasteiger charge is -2.10. The summed E-state index contributed by atoms with van der Waals surface area (Å²) in [5, 5.41) is 4.66. The van der Waals surface area contributed by atoms with Gasteiger partial charge in [-0.2, -0.15) is 0 Å². The quantitative estimate of drug-likeness (QED) is 0.758. The molecule has 1 aliphatic rings. The number of anilines is 1. The number of aromatic nitrogens is 2. The second-order valence-electron chi connectivity index (χ2n) is 5.96. The van der Waals surface area contributed by atoms with Crippen LogP contribution in [0.4, 0.5) is 10.2 Å². The molecular weight excluding hydrogens is 365 g/mol. The number of hydrogen-bond acceptors (Lipinski definition) is 5. The Balaban J connectivity index is 1.71. The molecule has 0 unspecified atom stereocenters. The van der Waals surface area contributed by atoms with Crippen LogP contribution < -0.4 is 5.32 Å². The highest BCUT2D eigenvalue weighted by Crippen LogP contribution is 2.32. The topological polar surface area (TPSA) is 80.5 Å². The van der Waals surface area contributed by atoms with Gasteiger partial charge in [-0.1, -0.05) is 0 Å². The molecule has 1 atom stereocenters. The monoisotopic (exact) mass is 379 g/mol. The van der Waals surface area contributed by atoms with Crippen LogP contribution in [-0.4, -0.2) is 35.2 Å². The molecule has 0 aliphatic carbocycles. The Morgan fingerprint density at radius 2 is 2.08 bits per heavy atom.